The standard InChI is InChI=1S/C21H16FNO4S/c1-28(25,26)15-7-8-17(22)18(11-15)23-20(24)10-14-12-27-19-9-6-13-4-2-3-5-16(13)21(14)19/h2-9,11-12H,10H2,1H3,(H,23,24). The average Bonchev–Trinajstić information content (AvgIpc) is 3.06. The zero-order valence-electron chi connectivity index (χ0n) is 14.9. The highest BCUT2D eigenvalue weighted by Crippen LogP contribution is 2.30. The third-order valence-electron chi connectivity index (χ3n) is 4.53. The highest BCUT2D eigenvalue weighted by Gasteiger charge is 2.16. The molecule has 3 aromatic carbocycles. The molecule has 1 N–H and O–H groups in total. The van der Waals surface area contributed by atoms with Crippen LogP contribution in [0.3, 0.4) is 0 Å². The van der Waals surface area contributed by atoms with Crippen molar-refractivity contribution in [2.45, 2.75) is 11.3 Å². The van der Waals surface area contributed by atoms with E-state index < -0.39 is 21.6 Å². The lowest BCUT2D eigenvalue weighted by atomic mass is 10.0. The molecule has 142 valence electrons. The Bertz CT molecular complexity index is 1330. The molecule has 1 amide bonds. The van der Waals surface area contributed by atoms with Crippen LogP contribution in [0.15, 0.2) is 70.2 Å². The number of carbonyl (C=O) groups excluding carboxylic acids is 1. The first-order valence-electron chi connectivity index (χ1n) is 8.50. The predicted molar refractivity (Wildman–Crippen MR) is 106 cm³/mol. The van der Waals surface area contributed by atoms with E-state index in [0.717, 1.165) is 40.6 Å². The Morgan fingerprint density at radius 3 is 2.68 bits per heavy atom. The first-order valence-corrected chi connectivity index (χ1v) is 10.4. The molecule has 0 saturated carbocycles. The number of rotatable bonds is 4. The number of fused-ring (bicyclic) bond motifs is 3. The Morgan fingerprint density at radius 2 is 1.89 bits per heavy atom. The fraction of sp³-hybridized carbons (Fsp3) is 0.0952. The predicted octanol–water partition coefficient (Wildman–Crippen LogP) is 4.31. The maximum atomic E-state index is 14.0. The van der Waals surface area contributed by atoms with Crippen molar-refractivity contribution < 1.29 is 22.0 Å². The average molecular weight is 397 g/mol. The molecule has 0 radical (unpaired) electrons. The second-order valence-corrected chi connectivity index (χ2v) is 8.58. The van der Waals surface area contributed by atoms with E-state index in [-0.39, 0.29) is 17.0 Å². The molecule has 5 nitrogen and oxygen atoms in total. The molecule has 0 atom stereocenters. The van der Waals surface area contributed by atoms with Crippen LogP contribution >= 0.6 is 0 Å². The topological polar surface area (TPSA) is 76.4 Å². The summed E-state index contributed by atoms with van der Waals surface area (Å²) in [4.78, 5) is 12.4. The van der Waals surface area contributed by atoms with Crippen LogP contribution < -0.4 is 5.32 Å². The molecule has 4 rings (SSSR count). The minimum absolute atomic E-state index is 0.0381. The van der Waals surface area contributed by atoms with Gasteiger partial charge in [-0.1, -0.05) is 30.3 Å². The third kappa shape index (κ3) is 3.36. The Kier molecular flexibility index (Phi) is 4.39. The largest absolute Gasteiger partial charge is 0.464 e. The van der Waals surface area contributed by atoms with E-state index in [4.69, 9.17) is 4.42 Å². The summed E-state index contributed by atoms with van der Waals surface area (Å²) in [6.07, 6.45) is 2.50. The number of anilines is 1. The quantitative estimate of drug-likeness (QED) is 0.521. The van der Waals surface area contributed by atoms with Gasteiger partial charge in [0.25, 0.3) is 0 Å². The fourth-order valence-electron chi connectivity index (χ4n) is 3.20. The number of hydrogen-bond donors (Lipinski definition) is 1. The van der Waals surface area contributed by atoms with E-state index in [1.54, 1.807) is 0 Å². The van der Waals surface area contributed by atoms with E-state index in [2.05, 4.69) is 5.32 Å². The summed E-state index contributed by atoms with van der Waals surface area (Å²) in [5.41, 5.74) is 1.15. The van der Waals surface area contributed by atoms with Gasteiger partial charge in [-0.05, 0) is 35.0 Å². The Labute approximate surface area is 160 Å². The summed E-state index contributed by atoms with van der Waals surface area (Å²) in [5.74, 6) is -1.18. The van der Waals surface area contributed by atoms with E-state index in [1.165, 1.54) is 6.26 Å². The number of hydrogen-bond acceptors (Lipinski definition) is 4. The van der Waals surface area contributed by atoms with Crippen molar-refractivity contribution in [1.29, 1.82) is 0 Å². The maximum Gasteiger partial charge on any atom is 0.229 e. The highest BCUT2D eigenvalue weighted by atomic mass is 32.2. The molecule has 28 heavy (non-hydrogen) atoms. The number of sulfone groups is 1. The molecule has 7 heteroatoms. The number of halogens is 1. The molecule has 0 saturated heterocycles. The van der Waals surface area contributed by atoms with Gasteiger partial charge in [0.05, 0.1) is 23.3 Å². The van der Waals surface area contributed by atoms with Crippen molar-refractivity contribution in [3.8, 4) is 0 Å². The molecular weight excluding hydrogens is 381 g/mol. The lowest BCUT2D eigenvalue weighted by molar-refractivity contribution is -0.115. The van der Waals surface area contributed by atoms with Gasteiger partial charge in [0.2, 0.25) is 5.91 Å². The highest BCUT2D eigenvalue weighted by molar-refractivity contribution is 7.90. The Balaban J connectivity index is 1.66. The SMILES string of the molecule is CS(=O)(=O)c1ccc(F)c(NC(=O)Cc2coc3ccc4ccccc4c23)c1. The van der Waals surface area contributed by atoms with Crippen molar-refractivity contribution >= 4 is 43.2 Å². The van der Waals surface area contributed by atoms with Crippen LogP contribution in [-0.2, 0) is 21.1 Å². The Morgan fingerprint density at radius 1 is 1.11 bits per heavy atom. The fourth-order valence-corrected chi connectivity index (χ4v) is 3.85. The van der Waals surface area contributed by atoms with Crippen LogP contribution in [0.2, 0.25) is 0 Å². The maximum absolute atomic E-state index is 14.0. The van der Waals surface area contributed by atoms with E-state index in [1.807, 2.05) is 36.4 Å². The second-order valence-electron chi connectivity index (χ2n) is 6.56. The zero-order chi connectivity index (χ0) is 19.9. The van der Waals surface area contributed by atoms with Crippen LogP contribution in [0.4, 0.5) is 10.1 Å². The van der Waals surface area contributed by atoms with Gasteiger partial charge >= 0.3 is 0 Å². The molecule has 0 bridgehead atoms. The number of carbonyl (C=O) groups is 1. The van der Waals surface area contributed by atoms with Crippen LogP contribution in [0.25, 0.3) is 21.7 Å². The van der Waals surface area contributed by atoms with E-state index in [9.17, 15) is 17.6 Å². The molecule has 0 aliphatic rings. The van der Waals surface area contributed by atoms with Crippen LogP contribution in [0.5, 0.6) is 0 Å². The first kappa shape index (κ1) is 18.2. The number of nitrogens with one attached hydrogen (secondary N) is 1. The van der Waals surface area contributed by atoms with Crippen LogP contribution in [-0.4, -0.2) is 20.6 Å². The number of amides is 1. The molecule has 0 aliphatic heterocycles. The lowest BCUT2D eigenvalue weighted by Crippen LogP contribution is -2.15. The van der Waals surface area contributed by atoms with Gasteiger partial charge in [0, 0.05) is 17.2 Å². The molecule has 0 fully saturated rings. The van der Waals surface area contributed by atoms with E-state index in [0.29, 0.717) is 11.1 Å². The lowest BCUT2D eigenvalue weighted by Gasteiger charge is -2.08. The molecule has 0 aliphatic carbocycles. The minimum Gasteiger partial charge on any atom is -0.464 e. The first-order chi connectivity index (χ1) is 13.3. The van der Waals surface area contributed by atoms with Crippen LogP contribution in [0, 0.1) is 5.82 Å². The van der Waals surface area contributed by atoms with Crippen LogP contribution in [0.1, 0.15) is 5.56 Å². The van der Waals surface area contributed by atoms with Gasteiger partial charge in [-0.25, -0.2) is 12.8 Å². The molecule has 1 heterocycles. The van der Waals surface area contributed by atoms with E-state index >= 15 is 0 Å². The molecule has 1 aromatic heterocycles. The summed E-state index contributed by atoms with van der Waals surface area (Å²) in [6, 6.07) is 14.8. The summed E-state index contributed by atoms with van der Waals surface area (Å²) < 4.78 is 42.9. The zero-order valence-corrected chi connectivity index (χ0v) is 15.7. The van der Waals surface area contributed by atoms with Gasteiger partial charge in [-0.2, -0.15) is 0 Å². The van der Waals surface area contributed by atoms with Gasteiger partial charge in [-0.15, -0.1) is 0 Å². The van der Waals surface area contributed by atoms with Crippen molar-refractivity contribution in [2.75, 3.05) is 11.6 Å². The summed E-state index contributed by atoms with van der Waals surface area (Å²) in [6.45, 7) is 0. The van der Waals surface area contributed by atoms with Gasteiger partial charge < -0.3 is 9.73 Å². The number of furan rings is 1. The normalized spacial score (nSPS) is 11.8. The summed E-state index contributed by atoms with van der Waals surface area (Å²) in [7, 11) is -3.51. The smallest absolute Gasteiger partial charge is 0.229 e. The van der Waals surface area contributed by atoms with Crippen molar-refractivity contribution in [3.05, 3.63) is 72.2 Å². The second kappa shape index (κ2) is 6.76. The van der Waals surface area contributed by atoms with Crippen molar-refractivity contribution in [1.82, 2.24) is 0 Å². The summed E-state index contributed by atoms with van der Waals surface area (Å²) in [5, 5.41) is 5.26. The van der Waals surface area contributed by atoms with Gasteiger partial charge in [0.1, 0.15) is 11.4 Å². The monoisotopic (exact) mass is 397 g/mol. The van der Waals surface area contributed by atoms with Crippen molar-refractivity contribution in [2.24, 2.45) is 0 Å². The minimum atomic E-state index is -3.51. The van der Waals surface area contributed by atoms with Gasteiger partial charge in [0.15, 0.2) is 9.84 Å². The van der Waals surface area contributed by atoms with Crippen molar-refractivity contribution in [3.63, 3.8) is 0 Å². The number of benzene rings is 3. The molecule has 4 aromatic rings. The Hall–Kier alpha value is -3.19. The third-order valence-corrected chi connectivity index (χ3v) is 5.64. The summed E-state index contributed by atoms with van der Waals surface area (Å²) >= 11 is 0. The molecular formula is C21H16FNO4S. The molecule has 0 unspecified atom stereocenters. The van der Waals surface area contributed by atoms with Gasteiger partial charge in [-0.3, -0.25) is 4.79 Å². The molecule has 0 spiro atoms.